The van der Waals surface area contributed by atoms with Crippen LogP contribution in [0, 0.1) is 0 Å². The summed E-state index contributed by atoms with van der Waals surface area (Å²) in [5, 5.41) is 2.78. The molecule has 0 atom stereocenters. The van der Waals surface area contributed by atoms with Crippen molar-refractivity contribution < 1.29 is 18.8 Å². The first kappa shape index (κ1) is 20.9. The number of carbonyl (C=O) groups excluding carboxylic acids is 1. The van der Waals surface area contributed by atoms with Crippen LogP contribution >= 0.6 is 0 Å². The van der Waals surface area contributed by atoms with E-state index in [0.717, 1.165) is 35.9 Å². The molecule has 1 aromatic carbocycles. The van der Waals surface area contributed by atoms with E-state index in [1.165, 1.54) is 5.56 Å². The normalized spacial score (nSPS) is 22.1. The number of fused-ring (bicyclic) bond motifs is 1. The number of ether oxygens (including phenoxy) is 1. The summed E-state index contributed by atoms with van der Waals surface area (Å²) in [5.74, 6) is 0. The molecule has 152 valence electrons. The van der Waals surface area contributed by atoms with Crippen molar-refractivity contribution in [2.24, 2.45) is 0 Å². The predicted octanol–water partition coefficient (Wildman–Crippen LogP) is 4.19. The van der Waals surface area contributed by atoms with Crippen LogP contribution < -0.4 is 10.8 Å². The zero-order chi connectivity index (χ0) is 20.7. The summed E-state index contributed by atoms with van der Waals surface area (Å²) in [4.78, 5) is 12.0. The molecule has 6 heteroatoms. The molecule has 0 bridgehead atoms. The molecule has 28 heavy (non-hydrogen) atoms. The second kappa shape index (κ2) is 7.23. The van der Waals surface area contributed by atoms with Crippen LogP contribution in [0.15, 0.2) is 24.4 Å². The lowest BCUT2D eigenvalue weighted by Crippen LogP contribution is -2.41. The highest BCUT2D eigenvalue weighted by molar-refractivity contribution is 6.62. The van der Waals surface area contributed by atoms with Crippen molar-refractivity contribution in [3.63, 3.8) is 0 Å². The molecule has 0 spiro atoms. The Balaban J connectivity index is 1.85. The number of hydrogen-bond donors (Lipinski definition) is 1. The molecular formula is C22H32BNO4. The molecule has 1 aliphatic carbocycles. The maximum Gasteiger partial charge on any atom is 0.495 e. The summed E-state index contributed by atoms with van der Waals surface area (Å²) in [7, 11) is -0.377. The van der Waals surface area contributed by atoms with E-state index in [9.17, 15) is 4.79 Å². The molecule has 0 unspecified atom stereocenters. The van der Waals surface area contributed by atoms with Crippen LogP contribution in [0.1, 0.15) is 72.4 Å². The van der Waals surface area contributed by atoms with E-state index >= 15 is 0 Å². The monoisotopic (exact) mass is 385 g/mol. The Morgan fingerprint density at radius 1 is 1.14 bits per heavy atom. The van der Waals surface area contributed by atoms with Crippen LogP contribution in [0.2, 0.25) is 0 Å². The average molecular weight is 385 g/mol. The third kappa shape index (κ3) is 4.28. The number of rotatable bonds is 2. The van der Waals surface area contributed by atoms with E-state index < -0.39 is 11.7 Å². The number of carbonyl (C=O) groups is 1. The third-order valence-corrected chi connectivity index (χ3v) is 5.70. The fourth-order valence-electron chi connectivity index (χ4n) is 3.57. The van der Waals surface area contributed by atoms with Crippen molar-refractivity contribution in [3.8, 4) is 0 Å². The van der Waals surface area contributed by atoms with Gasteiger partial charge >= 0.3 is 13.2 Å². The van der Waals surface area contributed by atoms with Gasteiger partial charge in [-0.25, -0.2) is 4.79 Å². The Labute approximate surface area is 169 Å². The molecule has 1 heterocycles. The molecule has 1 aromatic rings. The first-order chi connectivity index (χ1) is 12.9. The number of allylic oxidation sites excluding steroid dienone is 1. The quantitative estimate of drug-likeness (QED) is 0.776. The zero-order valence-corrected chi connectivity index (χ0v) is 18.1. The van der Waals surface area contributed by atoms with E-state index in [2.05, 4.69) is 45.1 Å². The second-order valence-corrected chi connectivity index (χ2v) is 9.63. The fraction of sp³-hybridized carbons (Fsp3) is 0.591. The highest BCUT2D eigenvalue weighted by Gasteiger charge is 2.52. The van der Waals surface area contributed by atoms with Crippen molar-refractivity contribution in [3.05, 3.63) is 35.5 Å². The summed E-state index contributed by atoms with van der Waals surface area (Å²) in [5.41, 5.74) is 3.32. The van der Waals surface area contributed by atoms with Crippen molar-refractivity contribution >= 4 is 24.2 Å². The van der Waals surface area contributed by atoms with Gasteiger partial charge in [0.2, 0.25) is 0 Å². The molecule has 1 saturated heterocycles. The van der Waals surface area contributed by atoms with Crippen LogP contribution in [0.4, 0.5) is 4.79 Å². The van der Waals surface area contributed by atoms with Crippen LogP contribution in [0.25, 0.3) is 5.57 Å². The first-order valence-corrected chi connectivity index (χ1v) is 10.1. The number of nitrogens with one attached hydrogen (secondary N) is 1. The lowest BCUT2D eigenvalue weighted by Gasteiger charge is -2.32. The number of alkyl carbamates (subject to hydrolysis) is 1. The Bertz CT molecular complexity index is 776. The summed E-state index contributed by atoms with van der Waals surface area (Å²) in [6, 6.07) is 6.23. The van der Waals surface area contributed by atoms with Crippen LogP contribution in [0.5, 0.6) is 0 Å². The van der Waals surface area contributed by atoms with Gasteiger partial charge in [-0.15, -0.1) is 0 Å². The zero-order valence-electron chi connectivity index (χ0n) is 18.1. The minimum absolute atomic E-state index is 0.369. The highest BCUT2D eigenvalue weighted by Crippen LogP contribution is 2.38. The average Bonchev–Trinajstić information content (AvgIpc) is 2.78. The number of hydrogen-bond acceptors (Lipinski definition) is 4. The molecule has 0 saturated carbocycles. The second-order valence-electron chi connectivity index (χ2n) is 9.63. The largest absolute Gasteiger partial charge is 0.495 e. The maximum absolute atomic E-state index is 12.0. The molecule has 1 amide bonds. The first-order valence-electron chi connectivity index (χ1n) is 10.1. The Hall–Kier alpha value is -1.79. The van der Waals surface area contributed by atoms with Gasteiger partial charge in [0.15, 0.2) is 0 Å². The molecule has 1 fully saturated rings. The standard InChI is InChI=1S/C22H32BNO4/c1-20(2,3)26-19(25)24-14-15-10-8-12-17-16(15)11-9-13-18(17)23-27-21(4,5)22(6,7)28-23/h9,11,13-14H,8,10,12H2,1-7H3,(H,24,25)/b15-14+. The lowest BCUT2D eigenvalue weighted by molar-refractivity contribution is 0.00578. The number of amides is 1. The number of benzene rings is 1. The Kier molecular flexibility index (Phi) is 5.41. The third-order valence-electron chi connectivity index (χ3n) is 5.70. The summed E-state index contributed by atoms with van der Waals surface area (Å²) < 4.78 is 17.9. The smallest absolute Gasteiger partial charge is 0.444 e. The van der Waals surface area contributed by atoms with Gasteiger partial charge < -0.3 is 14.0 Å². The van der Waals surface area contributed by atoms with Crippen LogP contribution in [-0.4, -0.2) is 30.0 Å². The van der Waals surface area contributed by atoms with E-state index in [1.807, 2.05) is 26.8 Å². The Morgan fingerprint density at radius 3 is 2.39 bits per heavy atom. The molecule has 0 radical (unpaired) electrons. The molecule has 1 aliphatic heterocycles. The topological polar surface area (TPSA) is 56.8 Å². The van der Waals surface area contributed by atoms with Gasteiger partial charge in [-0.3, -0.25) is 5.32 Å². The molecule has 5 nitrogen and oxygen atoms in total. The van der Waals surface area contributed by atoms with E-state index in [0.29, 0.717) is 0 Å². The molecular weight excluding hydrogens is 353 g/mol. The van der Waals surface area contributed by atoms with Crippen molar-refractivity contribution in [2.45, 2.75) is 84.5 Å². The van der Waals surface area contributed by atoms with E-state index in [-0.39, 0.29) is 18.3 Å². The summed E-state index contributed by atoms with van der Waals surface area (Å²) in [6.07, 6.45) is 4.25. The molecule has 0 aromatic heterocycles. The minimum atomic E-state index is -0.517. The lowest BCUT2D eigenvalue weighted by atomic mass is 9.71. The Morgan fingerprint density at radius 2 is 1.79 bits per heavy atom. The van der Waals surface area contributed by atoms with Gasteiger partial charge in [-0.05, 0) is 89.9 Å². The van der Waals surface area contributed by atoms with Gasteiger partial charge in [-0.2, -0.15) is 0 Å². The summed E-state index contributed by atoms with van der Waals surface area (Å²) >= 11 is 0. The van der Waals surface area contributed by atoms with Gasteiger partial charge in [0.1, 0.15) is 5.60 Å². The minimum Gasteiger partial charge on any atom is -0.444 e. The predicted molar refractivity (Wildman–Crippen MR) is 112 cm³/mol. The van der Waals surface area contributed by atoms with Gasteiger partial charge in [0.25, 0.3) is 0 Å². The maximum atomic E-state index is 12.0. The van der Waals surface area contributed by atoms with Crippen molar-refractivity contribution in [1.29, 1.82) is 0 Å². The van der Waals surface area contributed by atoms with Crippen LogP contribution in [-0.2, 0) is 20.5 Å². The van der Waals surface area contributed by atoms with Crippen molar-refractivity contribution in [2.75, 3.05) is 0 Å². The van der Waals surface area contributed by atoms with E-state index in [1.54, 1.807) is 6.20 Å². The molecule has 2 aliphatic rings. The van der Waals surface area contributed by atoms with Crippen molar-refractivity contribution in [1.82, 2.24) is 5.32 Å². The van der Waals surface area contributed by atoms with Gasteiger partial charge in [0, 0.05) is 6.20 Å². The van der Waals surface area contributed by atoms with E-state index in [4.69, 9.17) is 14.0 Å². The fourth-order valence-corrected chi connectivity index (χ4v) is 3.57. The highest BCUT2D eigenvalue weighted by atomic mass is 16.7. The molecule has 3 rings (SSSR count). The SMILES string of the molecule is CC(C)(C)OC(=O)N/C=C1\CCCc2c(B3OC(C)(C)C(C)(C)O3)cccc21. The van der Waals surface area contributed by atoms with Crippen LogP contribution in [0.3, 0.4) is 0 Å². The van der Waals surface area contributed by atoms with Gasteiger partial charge in [0.05, 0.1) is 11.2 Å². The summed E-state index contributed by atoms with van der Waals surface area (Å²) in [6.45, 7) is 13.8. The van der Waals surface area contributed by atoms with Gasteiger partial charge in [-0.1, -0.05) is 18.2 Å². The molecule has 1 N–H and O–H groups in total.